The highest BCUT2D eigenvalue weighted by molar-refractivity contribution is 6.29. The Morgan fingerprint density at radius 1 is 1.33 bits per heavy atom. The van der Waals surface area contributed by atoms with E-state index in [-0.39, 0.29) is 17.7 Å². The van der Waals surface area contributed by atoms with Gasteiger partial charge in [-0.3, -0.25) is 19.7 Å². The number of carbonyl (C=O) groups is 2. The first-order valence-electron chi connectivity index (χ1n) is 6.82. The van der Waals surface area contributed by atoms with Gasteiger partial charge in [-0.2, -0.15) is 0 Å². The smallest absolute Gasteiger partial charge is 0.270 e. The maximum atomic E-state index is 12.2. The number of hydrogen-bond donors (Lipinski definition) is 2. The third-order valence-electron chi connectivity index (χ3n) is 3.20. The molecule has 24 heavy (non-hydrogen) atoms. The molecule has 0 bridgehead atoms. The van der Waals surface area contributed by atoms with Crippen LogP contribution in [0, 0.1) is 10.1 Å². The number of aromatic nitrogens is 1. The van der Waals surface area contributed by atoms with E-state index in [0.717, 1.165) is 6.07 Å². The van der Waals surface area contributed by atoms with E-state index < -0.39 is 22.8 Å². The summed E-state index contributed by atoms with van der Waals surface area (Å²) in [5, 5.41) is 13.5. The van der Waals surface area contributed by atoms with Gasteiger partial charge in [-0.25, -0.2) is 4.98 Å². The first-order chi connectivity index (χ1) is 11.4. The zero-order valence-corrected chi connectivity index (χ0v) is 13.1. The molecular weight excluding hydrogens is 336 g/mol. The van der Waals surface area contributed by atoms with Crippen LogP contribution in [0.25, 0.3) is 0 Å². The van der Waals surface area contributed by atoms with Crippen molar-refractivity contribution < 1.29 is 14.5 Å². The van der Waals surface area contributed by atoms with Crippen LogP contribution >= 0.6 is 11.6 Å². The molecule has 0 aliphatic rings. The Hall–Kier alpha value is -3.00. The van der Waals surface area contributed by atoms with Gasteiger partial charge in [0.25, 0.3) is 11.6 Å². The maximum Gasteiger partial charge on any atom is 0.270 e. The molecule has 0 unspecified atom stereocenters. The van der Waals surface area contributed by atoms with E-state index in [1.807, 2.05) is 0 Å². The number of carbonyl (C=O) groups excluding carboxylic acids is 2. The number of nitro benzene ring substituents is 1. The summed E-state index contributed by atoms with van der Waals surface area (Å²) in [7, 11) is 0. The van der Waals surface area contributed by atoms with Gasteiger partial charge < -0.3 is 11.1 Å². The molecule has 1 heterocycles. The first-order valence-corrected chi connectivity index (χ1v) is 7.19. The lowest BCUT2D eigenvalue weighted by atomic mass is 10.1. The zero-order chi connectivity index (χ0) is 17.7. The van der Waals surface area contributed by atoms with Gasteiger partial charge in [0.2, 0.25) is 5.91 Å². The number of amides is 2. The number of pyridine rings is 1. The van der Waals surface area contributed by atoms with Gasteiger partial charge in [-0.1, -0.05) is 23.7 Å². The predicted molar refractivity (Wildman–Crippen MR) is 86.5 cm³/mol. The molecule has 0 fully saturated rings. The average Bonchev–Trinajstić information content (AvgIpc) is 2.56. The lowest BCUT2D eigenvalue weighted by Gasteiger charge is -2.15. The molecule has 0 saturated heterocycles. The van der Waals surface area contributed by atoms with Gasteiger partial charge in [0.05, 0.1) is 4.92 Å². The van der Waals surface area contributed by atoms with Crippen molar-refractivity contribution in [3.05, 3.63) is 69.0 Å². The number of benzene rings is 1. The van der Waals surface area contributed by atoms with Crippen LogP contribution in [0.3, 0.4) is 0 Å². The van der Waals surface area contributed by atoms with Crippen molar-refractivity contribution >= 4 is 29.1 Å². The van der Waals surface area contributed by atoms with Crippen molar-refractivity contribution in [1.29, 1.82) is 0 Å². The molecule has 0 aliphatic heterocycles. The minimum atomic E-state index is -0.986. The molecular formula is C15H13ClN4O4. The highest BCUT2D eigenvalue weighted by Crippen LogP contribution is 2.13. The molecule has 2 aromatic rings. The van der Waals surface area contributed by atoms with Crippen LogP contribution in [0.15, 0.2) is 42.6 Å². The summed E-state index contributed by atoms with van der Waals surface area (Å²) in [6.45, 7) is 0. The van der Waals surface area contributed by atoms with E-state index in [4.69, 9.17) is 17.3 Å². The number of halogens is 1. The molecule has 1 aromatic heterocycles. The summed E-state index contributed by atoms with van der Waals surface area (Å²) in [5.41, 5.74) is 5.80. The Morgan fingerprint density at radius 2 is 2.08 bits per heavy atom. The minimum absolute atomic E-state index is 0.0599. The molecule has 2 rings (SSSR count). The van der Waals surface area contributed by atoms with Crippen LogP contribution in [-0.2, 0) is 11.2 Å². The Balaban J connectivity index is 2.13. The Morgan fingerprint density at radius 3 is 2.67 bits per heavy atom. The van der Waals surface area contributed by atoms with Crippen molar-refractivity contribution in [1.82, 2.24) is 10.3 Å². The fraction of sp³-hybridized carbons (Fsp3) is 0.133. The fourth-order valence-corrected chi connectivity index (χ4v) is 2.10. The second-order valence-corrected chi connectivity index (χ2v) is 5.32. The van der Waals surface area contributed by atoms with Gasteiger partial charge in [-0.15, -0.1) is 0 Å². The summed E-state index contributed by atoms with van der Waals surface area (Å²) in [5.74, 6) is -1.37. The molecule has 1 aromatic carbocycles. The molecule has 0 aliphatic carbocycles. The quantitative estimate of drug-likeness (QED) is 0.464. The number of non-ortho nitro benzene ring substituents is 1. The van der Waals surface area contributed by atoms with Crippen LogP contribution in [-0.4, -0.2) is 27.8 Å². The average molecular weight is 349 g/mol. The van der Waals surface area contributed by atoms with Crippen molar-refractivity contribution in [3.8, 4) is 0 Å². The predicted octanol–water partition coefficient (Wildman–Crippen LogP) is 1.47. The van der Waals surface area contributed by atoms with Crippen LogP contribution in [0.5, 0.6) is 0 Å². The number of nitrogens with one attached hydrogen (secondary N) is 1. The van der Waals surface area contributed by atoms with Gasteiger partial charge in [0.15, 0.2) is 0 Å². The number of nitrogens with two attached hydrogens (primary N) is 1. The molecule has 124 valence electrons. The lowest BCUT2D eigenvalue weighted by molar-refractivity contribution is -0.384. The molecule has 0 radical (unpaired) electrons. The molecule has 2 amide bonds. The monoisotopic (exact) mass is 348 g/mol. The molecule has 0 saturated carbocycles. The van der Waals surface area contributed by atoms with Crippen LogP contribution in [0.4, 0.5) is 5.69 Å². The van der Waals surface area contributed by atoms with Gasteiger partial charge >= 0.3 is 0 Å². The van der Waals surface area contributed by atoms with E-state index in [9.17, 15) is 19.7 Å². The van der Waals surface area contributed by atoms with Crippen LogP contribution in [0.1, 0.15) is 15.9 Å². The number of hydrogen-bond acceptors (Lipinski definition) is 5. The van der Waals surface area contributed by atoms with Crippen molar-refractivity contribution in [3.63, 3.8) is 0 Å². The summed E-state index contributed by atoms with van der Waals surface area (Å²) in [6, 6.07) is 7.40. The largest absolute Gasteiger partial charge is 0.368 e. The summed E-state index contributed by atoms with van der Waals surface area (Å²) in [6.07, 6.45) is 1.60. The molecule has 3 N–H and O–H groups in total. The van der Waals surface area contributed by atoms with E-state index >= 15 is 0 Å². The summed E-state index contributed by atoms with van der Waals surface area (Å²) < 4.78 is 0. The number of primary amides is 1. The molecule has 8 nitrogen and oxygen atoms in total. The molecule has 0 spiro atoms. The van der Waals surface area contributed by atoms with Gasteiger partial charge in [-0.05, 0) is 17.7 Å². The minimum Gasteiger partial charge on any atom is -0.368 e. The van der Waals surface area contributed by atoms with E-state index in [2.05, 4.69) is 10.3 Å². The number of nitrogens with zero attached hydrogens (tertiary/aromatic N) is 2. The summed E-state index contributed by atoms with van der Waals surface area (Å²) >= 11 is 5.69. The third-order valence-corrected chi connectivity index (χ3v) is 3.42. The Kier molecular flexibility index (Phi) is 5.43. The third kappa shape index (κ3) is 4.50. The van der Waals surface area contributed by atoms with E-state index in [0.29, 0.717) is 10.7 Å². The Bertz CT molecular complexity index is 779. The molecule has 1 atom stereocenters. The summed E-state index contributed by atoms with van der Waals surface area (Å²) in [4.78, 5) is 37.8. The van der Waals surface area contributed by atoms with Crippen molar-refractivity contribution in [2.24, 2.45) is 5.73 Å². The molecule has 9 heteroatoms. The van der Waals surface area contributed by atoms with E-state index in [1.165, 1.54) is 24.4 Å². The van der Waals surface area contributed by atoms with Gasteiger partial charge in [0.1, 0.15) is 11.2 Å². The van der Waals surface area contributed by atoms with E-state index in [1.54, 1.807) is 12.1 Å². The van der Waals surface area contributed by atoms with Crippen molar-refractivity contribution in [2.45, 2.75) is 12.5 Å². The Labute approximate surface area is 141 Å². The lowest BCUT2D eigenvalue weighted by Crippen LogP contribution is -2.45. The van der Waals surface area contributed by atoms with Gasteiger partial charge in [0, 0.05) is 30.3 Å². The first kappa shape index (κ1) is 17.4. The number of nitro groups is 1. The highest BCUT2D eigenvalue weighted by atomic mass is 35.5. The van der Waals surface area contributed by atoms with Crippen LogP contribution < -0.4 is 11.1 Å². The second-order valence-electron chi connectivity index (χ2n) is 4.93. The van der Waals surface area contributed by atoms with Crippen LogP contribution in [0.2, 0.25) is 5.15 Å². The standard InChI is InChI=1S/C15H13ClN4O4/c16-13-5-4-9(8-18-13)6-12(14(17)21)19-15(22)10-2-1-3-11(7-10)20(23)24/h1-5,7-8,12H,6H2,(H2,17,21)(H,19,22)/t12-/m0/s1. The highest BCUT2D eigenvalue weighted by Gasteiger charge is 2.20. The fourth-order valence-electron chi connectivity index (χ4n) is 1.99. The second kappa shape index (κ2) is 7.51. The number of rotatable bonds is 6. The maximum absolute atomic E-state index is 12.2. The van der Waals surface area contributed by atoms with Crippen molar-refractivity contribution in [2.75, 3.05) is 0 Å². The zero-order valence-electron chi connectivity index (χ0n) is 12.3. The topological polar surface area (TPSA) is 128 Å². The SMILES string of the molecule is NC(=O)[C@H](Cc1ccc(Cl)nc1)NC(=O)c1cccc([N+](=O)[O-])c1. The normalized spacial score (nSPS) is 11.5.